The van der Waals surface area contributed by atoms with Crippen LogP contribution in [0.5, 0.6) is 23.0 Å². The zero-order valence-electron chi connectivity index (χ0n) is 41.9. The predicted molar refractivity (Wildman–Crippen MR) is 312 cm³/mol. The highest BCUT2D eigenvalue weighted by molar-refractivity contribution is 5.93. The Balaban J connectivity index is 0.822. The van der Waals surface area contributed by atoms with Gasteiger partial charge in [-0.15, -0.1) is 0 Å². The van der Waals surface area contributed by atoms with Crippen LogP contribution in [0.3, 0.4) is 0 Å². The number of hydrogen-bond donors (Lipinski definition) is 0. The molecule has 0 saturated carbocycles. The minimum atomic E-state index is -0.537. The number of para-hydroxylation sites is 4. The van der Waals surface area contributed by atoms with Crippen LogP contribution in [-0.4, -0.2) is 0 Å². The smallest absolute Gasteiger partial charge is 0.132 e. The van der Waals surface area contributed by atoms with Crippen LogP contribution >= 0.6 is 0 Å². The summed E-state index contributed by atoms with van der Waals surface area (Å²) in [7, 11) is 0. The van der Waals surface area contributed by atoms with Crippen molar-refractivity contribution in [1.82, 2.24) is 0 Å². The summed E-state index contributed by atoms with van der Waals surface area (Å²) in [6.45, 7) is 0. The Hall–Kier alpha value is -9.96. The number of benzene rings is 12. The van der Waals surface area contributed by atoms with E-state index >= 15 is 0 Å². The molecule has 0 N–H and O–H groups in total. The van der Waals surface area contributed by atoms with Gasteiger partial charge >= 0.3 is 0 Å². The van der Waals surface area contributed by atoms with Crippen molar-refractivity contribution in [3.63, 3.8) is 0 Å². The third-order valence-corrected chi connectivity index (χ3v) is 16.8. The van der Waals surface area contributed by atoms with Crippen LogP contribution in [0, 0.1) is 0 Å². The Labute approximate surface area is 448 Å². The molecule has 0 aromatic heterocycles. The van der Waals surface area contributed by atoms with Gasteiger partial charge in [-0.05, 0) is 151 Å². The zero-order chi connectivity index (χ0) is 50.7. The fourth-order valence-corrected chi connectivity index (χ4v) is 13.6. The summed E-state index contributed by atoms with van der Waals surface area (Å²) in [5.41, 5.74) is 23.9. The quantitative estimate of drug-likeness (QED) is 0.166. The van der Waals surface area contributed by atoms with E-state index in [0.29, 0.717) is 0 Å². The molecule has 0 radical (unpaired) electrons. The molecule has 12 aromatic carbocycles. The van der Waals surface area contributed by atoms with Crippen LogP contribution in [0.25, 0.3) is 55.6 Å². The first-order valence-corrected chi connectivity index (χ1v) is 26.6. The minimum absolute atomic E-state index is 0.516. The lowest BCUT2D eigenvalue weighted by Crippen LogP contribution is -2.32. The van der Waals surface area contributed by atoms with E-state index in [1.807, 2.05) is 0 Å². The summed E-state index contributed by atoms with van der Waals surface area (Å²) in [5.74, 6) is 3.58. The molecule has 3 heteroatoms. The number of anilines is 3. The maximum absolute atomic E-state index is 6.65. The highest BCUT2D eigenvalue weighted by Gasteiger charge is 2.52. The standard InChI is InChI=1S/C74H47NO2/c1-2-18-48(19-3-1)50-20-16-22-55(44-50)75(54-40-36-49(37-41-54)53-38-42-59-57-24-4-6-26-61(57)74(68(59)47-53)66-30-10-14-34-71(66)77-72-35-15-11-31-67(72)74)56-23-17-21-51(45-56)52-39-43-63-60(46-52)58-25-5-7-27-62(58)73(63)64-28-8-12-32-69(64)76-70-33-13-9-29-65(70)73/h1-47H. The van der Waals surface area contributed by atoms with Gasteiger partial charge in [0.1, 0.15) is 23.0 Å². The molecule has 4 aliphatic rings. The highest BCUT2D eigenvalue weighted by Crippen LogP contribution is 2.64. The highest BCUT2D eigenvalue weighted by atomic mass is 16.5. The molecule has 12 aromatic rings. The molecule has 2 aliphatic carbocycles. The molecule has 3 nitrogen and oxygen atoms in total. The molecule has 360 valence electrons. The van der Waals surface area contributed by atoms with Crippen LogP contribution in [-0.2, 0) is 10.8 Å². The van der Waals surface area contributed by atoms with Gasteiger partial charge in [0.15, 0.2) is 0 Å². The average Bonchev–Trinajstić information content (AvgIpc) is 3.64. The average molecular weight is 982 g/mol. The minimum Gasteiger partial charge on any atom is -0.457 e. The van der Waals surface area contributed by atoms with Crippen molar-refractivity contribution in [2.24, 2.45) is 0 Å². The van der Waals surface area contributed by atoms with Crippen LogP contribution in [0.2, 0.25) is 0 Å². The molecule has 0 amide bonds. The molecule has 16 rings (SSSR count). The first kappa shape index (κ1) is 43.4. The van der Waals surface area contributed by atoms with Crippen LogP contribution < -0.4 is 14.4 Å². The number of rotatable bonds is 6. The van der Waals surface area contributed by atoms with Crippen molar-refractivity contribution >= 4 is 17.1 Å². The molecule has 2 spiro atoms. The van der Waals surface area contributed by atoms with Crippen molar-refractivity contribution in [1.29, 1.82) is 0 Å². The Bertz CT molecular complexity index is 4270. The van der Waals surface area contributed by atoms with Crippen LogP contribution in [0.1, 0.15) is 44.5 Å². The molecule has 0 saturated heterocycles. The monoisotopic (exact) mass is 981 g/mol. The maximum Gasteiger partial charge on any atom is 0.132 e. The Morgan fingerprint density at radius 1 is 0.208 bits per heavy atom. The summed E-state index contributed by atoms with van der Waals surface area (Å²) >= 11 is 0. The van der Waals surface area contributed by atoms with E-state index in [4.69, 9.17) is 9.47 Å². The SMILES string of the molecule is c1ccc(-c2cccc(N(c3ccc(-c4ccc5c(c4)C4(c6ccccc6Oc6ccccc64)c4ccccc4-5)cc3)c3cccc(-c4ccc5c(c4)-c4ccccc4C54c5ccccc5Oc5ccccc54)c3)c2)cc1. The molecular weight excluding hydrogens is 935 g/mol. The van der Waals surface area contributed by atoms with Gasteiger partial charge in [0, 0.05) is 39.3 Å². The molecule has 0 unspecified atom stereocenters. The van der Waals surface area contributed by atoms with Gasteiger partial charge in [-0.3, -0.25) is 0 Å². The van der Waals surface area contributed by atoms with Crippen molar-refractivity contribution in [2.45, 2.75) is 10.8 Å². The van der Waals surface area contributed by atoms with Gasteiger partial charge in [-0.1, -0.05) is 212 Å². The van der Waals surface area contributed by atoms with E-state index in [2.05, 4.69) is 290 Å². The number of ether oxygens (including phenoxy) is 2. The Morgan fingerprint density at radius 2 is 0.571 bits per heavy atom. The molecule has 77 heavy (non-hydrogen) atoms. The Kier molecular flexibility index (Phi) is 9.47. The lowest BCUT2D eigenvalue weighted by Gasteiger charge is -2.39. The molecule has 0 atom stereocenters. The largest absolute Gasteiger partial charge is 0.457 e. The van der Waals surface area contributed by atoms with Gasteiger partial charge in [0.25, 0.3) is 0 Å². The van der Waals surface area contributed by atoms with Crippen molar-refractivity contribution < 1.29 is 9.47 Å². The second-order valence-corrected chi connectivity index (χ2v) is 20.6. The van der Waals surface area contributed by atoms with Gasteiger partial charge in [-0.25, -0.2) is 0 Å². The third kappa shape index (κ3) is 6.26. The number of nitrogens with zero attached hydrogens (tertiary/aromatic N) is 1. The lowest BCUT2D eigenvalue weighted by atomic mass is 9.66. The van der Waals surface area contributed by atoms with Crippen LogP contribution in [0.4, 0.5) is 17.1 Å². The first-order valence-electron chi connectivity index (χ1n) is 26.6. The summed E-state index contributed by atoms with van der Waals surface area (Å²) in [5, 5.41) is 0. The normalized spacial score (nSPS) is 13.9. The van der Waals surface area contributed by atoms with E-state index in [1.54, 1.807) is 0 Å². The van der Waals surface area contributed by atoms with E-state index in [9.17, 15) is 0 Å². The first-order chi connectivity index (χ1) is 38.2. The summed E-state index contributed by atoms with van der Waals surface area (Å²) in [6, 6.07) is 104. The van der Waals surface area contributed by atoms with E-state index in [0.717, 1.165) is 79.0 Å². The molecule has 0 bridgehead atoms. The van der Waals surface area contributed by atoms with Gasteiger partial charge < -0.3 is 14.4 Å². The second-order valence-electron chi connectivity index (χ2n) is 20.6. The molecular formula is C74H47NO2. The number of fused-ring (bicyclic) bond motifs is 18. The van der Waals surface area contributed by atoms with Crippen molar-refractivity contribution in [3.05, 3.63) is 330 Å². The topological polar surface area (TPSA) is 21.7 Å². The molecule has 0 fully saturated rings. The summed E-state index contributed by atoms with van der Waals surface area (Å²) < 4.78 is 13.3. The van der Waals surface area contributed by atoms with Crippen LogP contribution in [0.15, 0.2) is 285 Å². The van der Waals surface area contributed by atoms with E-state index in [-0.39, 0.29) is 0 Å². The Morgan fingerprint density at radius 3 is 1.13 bits per heavy atom. The van der Waals surface area contributed by atoms with E-state index in [1.165, 1.54) is 61.2 Å². The predicted octanol–water partition coefficient (Wildman–Crippen LogP) is 19.1. The fraction of sp³-hybridized carbons (Fsp3) is 0.0270. The van der Waals surface area contributed by atoms with Crippen molar-refractivity contribution in [3.8, 4) is 78.6 Å². The van der Waals surface area contributed by atoms with E-state index < -0.39 is 10.8 Å². The van der Waals surface area contributed by atoms with Crippen molar-refractivity contribution in [2.75, 3.05) is 4.90 Å². The summed E-state index contributed by atoms with van der Waals surface area (Å²) in [6.07, 6.45) is 0. The van der Waals surface area contributed by atoms with Gasteiger partial charge in [-0.2, -0.15) is 0 Å². The second kappa shape index (κ2) is 16.8. The van der Waals surface area contributed by atoms with Gasteiger partial charge in [0.2, 0.25) is 0 Å². The lowest BCUT2D eigenvalue weighted by molar-refractivity contribution is 0.436. The third-order valence-electron chi connectivity index (χ3n) is 16.8. The van der Waals surface area contributed by atoms with Gasteiger partial charge in [0.05, 0.1) is 10.8 Å². The molecule has 2 aliphatic heterocycles. The molecule has 2 heterocycles. The zero-order valence-corrected chi connectivity index (χ0v) is 41.9. The fourth-order valence-electron chi connectivity index (χ4n) is 13.6. The summed E-state index contributed by atoms with van der Waals surface area (Å²) in [4.78, 5) is 2.40. The number of hydrogen-bond acceptors (Lipinski definition) is 3. The maximum atomic E-state index is 6.65.